The molecule has 0 aromatic rings. The summed E-state index contributed by atoms with van der Waals surface area (Å²) in [5.41, 5.74) is 5.48. The third-order valence-electron chi connectivity index (χ3n) is 6.34. The third-order valence-corrected chi connectivity index (χ3v) is 6.34. The molecule has 2 saturated carbocycles. The maximum atomic E-state index is 11.4. The molecule has 2 aliphatic carbocycles. The Hall–Kier alpha value is -0.160. The zero-order chi connectivity index (χ0) is 14.8. The third kappa shape index (κ3) is 2.88. The highest BCUT2D eigenvalue weighted by Gasteiger charge is 2.54. The summed E-state index contributed by atoms with van der Waals surface area (Å²) in [6.07, 6.45) is 11.6. The fourth-order valence-electron chi connectivity index (χ4n) is 4.80. The predicted molar refractivity (Wildman–Crippen MR) is 81.9 cm³/mol. The normalized spacial score (nSPS) is 31.7. The molecule has 1 saturated heterocycles. The van der Waals surface area contributed by atoms with Gasteiger partial charge in [0.05, 0.1) is 18.8 Å². The monoisotopic (exact) mass is 297 g/mol. The summed E-state index contributed by atoms with van der Waals surface area (Å²) in [6, 6.07) is 0. The molecule has 3 rings (SSSR count). The first-order valence-electron chi connectivity index (χ1n) is 8.84. The van der Waals surface area contributed by atoms with Gasteiger partial charge in [-0.3, -0.25) is 0 Å². The fourth-order valence-corrected chi connectivity index (χ4v) is 4.80. The number of hydrogen-bond donors (Lipinski definition) is 2. The van der Waals surface area contributed by atoms with Gasteiger partial charge >= 0.3 is 0 Å². The van der Waals surface area contributed by atoms with Crippen molar-refractivity contribution < 1.29 is 14.6 Å². The second-order valence-corrected chi connectivity index (χ2v) is 7.39. The summed E-state index contributed by atoms with van der Waals surface area (Å²) < 4.78 is 11.6. The Balaban J connectivity index is 1.73. The quantitative estimate of drug-likeness (QED) is 0.822. The van der Waals surface area contributed by atoms with Gasteiger partial charge in [0.25, 0.3) is 0 Å². The van der Waals surface area contributed by atoms with Gasteiger partial charge in [-0.2, -0.15) is 0 Å². The van der Waals surface area contributed by atoms with Crippen molar-refractivity contribution in [2.24, 2.45) is 11.1 Å². The molecule has 0 aromatic heterocycles. The molecule has 21 heavy (non-hydrogen) atoms. The van der Waals surface area contributed by atoms with Crippen LogP contribution < -0.4 is 5.73 Å². The molecule has 1 spiro atoms. The average molecular weight is 297 g/mol. The van der Waals surface area contributed by atoms with E-state index in [9.17, 15) is 5.11 Å². The summed E-state index contributed by atoms with van der Waals surface area (Å²) in [7, 11) is 0. The Morgan fingerprint density at radius 1 is 0.762 bits per heavy atom. The minimum atomic E-state index is -0.625. The maximum absolute atomic E-state index is 11.4. The molecule has 3 aliphatic rings. The van der Waals surface area contributed by atoms with Crippen molar-refractivity contribution in [1.82, 2.24) is 0 Å². The Labute approximate surface area is 128 Å². The largest absolute Gasteiger partial charge is 0.389 e. The molecule has 0 aromatic carbocycles. The van der Waals surface area contributed by atoms with E-state index in [0.717, 1.165) is 38.5 Å². The smallest absolute Gasteiger partial charge is 0.168 e. The van der Waals surface area contributed by atoms with Crippen molar-refractivity contribution in [1.29, 1.82) is 0 Å². The minimum Gasteiger partial charge on any atom is -0.389 e. The molecule has 0 radical (unpaired) electrons. The lowest BCUT2D eigenvalue weighted by atomic mass is 9.59. The Morgan fingerprint density at radius 2 is 1.29 bits per heavy atom. The van der Waals surface area contributed by atoms with Crippen LogP contribution in [-0.2, 0) is 9.47 Å². The topological polar surface area (TPSA) is 64.7 Å². The van der Waals surface area contributed by atoms with Crippen LogP contribution >= 0.6 is 0 Å². The molecule has 3 N–H and O–H groups in total. The van der Waals surface area contributed by atoms with Gasteiger partial charge in [0.2, 0.25) is 0 Å². The van der Waals surface area contributed by atoms with Gasteiger partial charge < -0.3 is 20.3 Å². The van der Waals surface area contributed by atoms with Gasteiger partial charge in [-0.25, -0.2) is 0 Å². The van der Waals surface area contributed by atoms with Crippen LogP contribution in [0.15, 0.2) is 0 Å². The molecule has 0 amide bonds. The van der Waals surface area contributed by atoms with Crippen LogP contribution in [0.4, 0.5) is 0 Å². The second kappa shape index (κ2) is 6.15. The number of rotatable bonds is 2. The first kappa shape index (κ1) is 15.7. The van der Waals surface area contributed by atoms with E-state index in [1.54, 1.807) is 0 Å². The van der Waals surface area contributed by atoms with Crippen LogP contribution in [0, 0.1) is 5.41 Å². The van der Waals surface area contributed by atoms with E-state index in [-0.39, 0.29) is 5.41 Å². The van der Waals surface area contributed by atoms with Crippen LogP contribution in [0.1, 0.15) is 70.6 Å². The van der Waals surface area contributed by atoms with E-state index >= 15 is 0 Å². The zero-order valence-electron chi connectivity index (χ0n) is 13.2. The number of hydrogen-bond acceptors (Lipinski definition) is 4. The molecule has 3 fully saturated rings. The predicted octanol–water partition coefficient (Wildman–Crippen LogP) is 2.72. The molecule has 1 heterocycles. The number of ether oxygens (including phenoxy) is 2. The molecule has 0 unspecified atom stereocenters. The standard InChI is InChI=1S/C17H31NO3/c18-14-15(6-4-2-1-3-5-7-15)16(19)8-10-17(11-9-16)20-12-13-21-17/h19H,1-14,18H2. The van der Waals surface area contributed by atoms with E-state index in [1.807, 2.05) is 0 Å². The second-order valence-electron chi connectivity index (χ2n) is 7.39. The zero-order valence-corrected chi connectivity index (χ0v) is 13.2. The van der Waals surface area contributed by atoms with Crippen molar-refractivity contribution >= 4 is 0 Å². The average Bonchev–Trinajstić information content (AvgIpc) is 2.92. The lowest BCUT2D eigenvalue weighted by molar-refractivity contribution is -0.224. The summed E-state index contributed by atoms with van der Waals surface area (Å²) in [6.45, 7) is 2.00. The van der Waals surface area contributed by atoms with Gasteiger partial charge in [0.15, 0.2) is 5.79 Å². The van der Waals surface area contributed by atoms with Gasteiger partial charge in [0.1, 0.15) is 0 Å². The molecule has 4 heteroatoms. The number of nitrogens with two attached hydrogens (primary N) is 1. The first-order chi connectivity index (χ1) is 10.1. The van der Waals surface area contributed by atoms with Crippen molar-refractivity contribution in [2.45, 2.75) is 82.0 Å². The van der Waals surface area contributed by atoms with E-state index in [1.165, 1.54) is 32.1 Å². The summed E-state index contributed by atoms with van der Waals surface area (Å²) in [5, 5.41) is 11.4. The van der Waals surface area contributed by atoms with E-state index in [0.29, 0.717) is 19.8 Å². The highest BCUT2D eigenvalue weighted by atomic mass is 16.7. The highest BCUT2D eigenvalue weighted by molar-refractivity contribution is 5.04. The first-order valence-corrected chi connectivity index (χ1v) is 8.84. The summed E-state index contributed by atoms with van der Waals surface area (Å²) >= 11 is 0. The van der Waals surface area contributed by atoms with E-state index in [4.69, 9.17) is 15.2 Å². The molecular weight excluding hydrogens is 266 g/mol. The van der Waals surface area contributed by atoms with Gasteiger partial charge in [-0.05, 0) is 25.7 Å². The SMILES string of the molecule is NCC1(C2(O)CCC3(CC2)OCCO3)CCCCCCC1. The Kier molecular flexibility index (Phi) is 4.60. The summed E-state index contributed by atoms with van der Waals surface area (Å²) in [4.78, 5) is 0. The highest BCUT2D eigenvalue weighted by Crippen LogP contribution is 2.52. The molecule has 4 nitrogen and oxygen atoms in total. The molecular formula is C17H31NO3. The Morgan fingerprint density at radius 3 is 1.81 bits per heavy atom. The minimum absolute atomic E-state index is 0.0896. The maximum Gasteiger partial charge on any atom is 0.168 e. The van der Waals surface area contributed by atoms with Crippen molar-refractivity contribution in [3.05, 3.63) is 0 Å². The lowest BCUT2D eigenvalue weighted by Crippen LogP contribution is -2.57. The van der Waals surface area contributed by atoms with Crippen LogP contribution in [0.25, 0.3) is 0 Å². The summed E-state index contributed by atoms with van der Waals surface area (Å²) in [5.74, 6) is -0.399. The molecule has 122 valence electrons. The van der Waals surface area contributed by atoms with Crippen LogP contribution in [0.5, 0.6) is 0 Å². The molecule has 1 aliphatic heterocycles. The van der Waals surface area contributed by atoms with E-state index < -0.39 is 11.4 Å². The lowest BCUT2D eigenvalue weighted by Gasteiger charge is -2.52. The van der Waals surface area contributed by atoms with Crippen molar-refractivity contribution in [2.75, 3.05) is 19.8 Å². The molecule has 0 bridgehead atoms. The van der Waals surface area contributed by atoms with Crippen LogP contribution in [-0.4, -0.2) is 36.3 Å². The van der Waals surface area contributed by atoms with Gasteiger partial charge in [-0.1, -0.05) is 32.1 Å². The Bertz CT molecular complexity index is 334. The van der Waals surface area contributed by atoms with Crippen LogP contribution in [0.3, 0.4) is 0 Å². The van der Waals surface area contributed by atoms with E-state index in [2.05, 4.69) is 0 Å². The number of aliphatic hydroxyl groups is 1. The molecule has 0 atom stereocenters. The van der Waals surface area contributed by atoms with Crippen molar-refractivity contribution in [3.8, 4) is 0 Å². The van der Waals surface area contributed by atoms with Gasteiger partial charge in [-0.15, -0.1) is 0 Å². The van der Waals surface area contributed by atoms with Crippen LogP contribution in [0.2, 0.25) is 0 Å². The fraction of sp³-hybridized carbons (Fsp3) is 1.00. The van der Waals surface area contributed by atoms with Crippen molar-refractivity contribution in [3.63, 3.8) is 0 Å². The van der Waals surface area contributed by atoms with Gasteiger partial charge in [0, 0.05) is 24.8 Å².